The first-order chi connectivity index (χ1) is 12.1. The third-order valence-corrected chi connectivity index (χ3v) is 5.13. The average molecular weight is 358 g/mol. The summed E-state index contributed by atoms with van der Waals surface area (Å²) in [6.07, 6.45) is 15.1. The first kappa shape index (κ1) is 24.6. The highest BCUT2D eigenvalue weighted by atomic mass is 16.3. The Labute approximate surface area is 155 Å². The summed E-state index contributed by atoms with van der Waals surface area (Å²) < 4.78 is 0. The Hall–Kier alpha value is -0.450. The molecule has 0 saturated carbocycles. The molecule has 3 N–H and O–H groups in total. The van der Waals surface area contributed by atoms with Crippen LogP contribution in [0.25, 0.3) is 0 Å². The molecule has 0 heterocycles. The van der Waals surface area contributed by atoms with Gasteiger partial charge in [0.05, 0.1) is 0 Å². The van der Waals surface area contributed by atoms with Crippen molar-refractivity contribution < 1.29 is 15.0 Å². The molecule has 0 atom stereocenters. The highest BCUT2D eigenvalue weighted by molar-refractivity contribution is 5.49. The molecule has 150 valence electrons. The first-order valence-electron chi connectivity index (χ1n) is 10.5. The fourth-order valence-electron chi connectivity index (χ4n) is 3.50. The molecule has 0 aliphatic rings. The molecule has 0 saturated heterocycles. The van der Waals surface area contributed by atoms with Gasteiger partial charge in [0.25, 0.3) is 0 Å². The largest absolute Gasteiger partial charge is 0.396 e. The summed E-state index contributed by atoms with van der Waals surface area (Å²) in [4.78, 5) is 10.7. The Balaban J connectivity index is 3.74. The maximum atomic E-state index is 10.7. The molecule has 0 aliphatic heterocycles. The molecule has 0 rings (SSSR count). The Morgan fingerprint density at radius 1 is 0.840 bits per heavy atom. The van der Waals surface area contributed by atoms with Crippen molar-refractivity contribution in [2.24, 2.45) is 5.92 Å². The lowest BCUT2D eigenvalue weighted by molar-refractivity contribution is -0.108. The zero-order valence-corrected chi connectivity index (χ0v) is 16.8. The highest BCUT2D eigenvalue weighted by Gasteiger charge is 2.27. The average Bonchev–Trinajstić information content (AvgIpc) is 2.58. The van der Waals surface area contributed by atoms with Gasteiger partial charge in [0.2, 0.25) is 0 Å². The van der Waals surface area contributed by atoms with E-state index >= 15 is 0 Å². The SMILES string of the molecule is CC(C)CCCCCCCCCCNC(CCO)(CCO)CCC=O. The van der Waals surface area contributed by atoms with Gasteiger partial charge in [0, 0.05) is 25.2 Å². The number of carbonyl (C=O) groups is 1. The van der Waals surface area contributed by atoms with Gasteiger partial charge < -0.3 is 20.3 Å². The predicted octanol–water partition coefficient (Wildman–Crippen LogP) is 4.23. The van der Waals surface area contributed by atoms with Crippen LogP contribution in [0.4, 0.5) is 0 Å². The smallest absolute Gasteiger partial charge is 0.120 e. The molecule has 0 fully saturated rings. The number of hydrogen-bond donors (Lipinski definition) is 3. The zero-order valence-electron chi connectivity index (χ0n) is 16.8. The van der Waals surface area contributed by atoms with Gasteiger partial charge in [-0.25, -0.2) is 0 Å². The van der Waals surface area contributed by atoms with E-state index in [0.29, 0.717) is 25.7 Å². The minimum absolute atomic E-state index is 0.0860. The van der Waals surface area contributed by atoms with Crippen LogP contribution in [0.1, 0.15) is 97.3 Å². The van der Waals surface area contributed by atoms with E-state index in [1.165, 1.54) is 51.4 Å². The van der Waals surface area contributed by atoms with Crippen molar-refractivity contribution in [2.75, 3.05) is 19.8 Å². The number of aliphatic hydroxyl groups is 2. The van der Waals surface area contributed by atoms with Crippen LogP contribution < -0.4 is 5.32 Å². The van der Waals surface area contributed by atoms with E-state index in [1.54, 1.807) is 0 Å². The van der Waals surface area contributed by atoms with Gasteiger partial charge in [-0.05, 0) is 38.1 Å². The normalized spacial score (nSPS) is 12.0. The van der Waals surface area contributed by atoms with Crippen LogP contribution in [-0.2, 0) is 4.79 Å². The molecule has 0 unspecified atom stereocenters. The van der Waals surface area contributed by atoms with Crippen molar-refractivity contribution in [3.63, 3.8) is 0 Å². The summed E-state index contributed by atoms with van der Waals surface area (Å²) in [5, 5.41) is 22.1. The lowest BCUT2D eigenvalue weighted by Crippen LogP contribution is -2.47. The molecular formula is C21H43NO3. The third kappa shape index (κ3) is 14.4. The summed E-state index contributed by atoms with van der Waals surface area (Å²) >= 11 is 0. The second-order valence-corrected chi connectivity index (χ2v) is 7.87. The first-order valence-corrected chi connectivity index (χ1v) is 10.5. The second kappa shape index (κ2) is 17.0. The van der Waals surface area contributed by atoms with E-state index in [9.17, 15) is 15.0 Å². The number of hydrogen-bond acceptors (Lipinski definition) is 4. The lowest BCUT2D eigenvalue weighted by Gasteiger charge is -2.34. The Bertz CT molecular complexity index is 289. The monoisotopic (exact) mass is 357 g/mol. The maximum Gasteiger partial charge on any atom is 0.120 e. The van der Waals surface area contributed by atoms with E-state index in [-0.39, 0.29) is 18.8 Å². The highest BCUT2D eigenvalue weighted by Crippen LogP contribution is 2.21. The van der Waals surface area contributed by atoms with Gasteiger partial charge in [-0.3, -0.25) is 0 Å². The topological polar surface area (TPSA) is 69.6 Å². The third-order valence-electron chi connectivity index (χ3n) is 5.13. The Kier molecular flexibility index (Phi) is 16.7. The van der Waals surface area contributed by atoms with Crippen molar-refractivity contribution in [2.45, 2.75) is 103 Å². The molecule has 4 heteroatoms. The lowest BCUT2D eigenvalue weighted by atomic mass is 9.86. The number of carbonyl (C=O) groups excluding carboxylic acids is 1. The maximum absolute atomic E-state index is 10.7. The summed E-state index contributed by atoms with van der Waals surface area (Å²) in [5.41, 5.74) is -0.291. The van der Waals surface area contributed by atoms with Gasteiger partial charge in [-0.2, -0.15) is 0 Å². The van der Waals surface area contributed by atoms with E-state index in [0.717, 1.165) is 25.2 Å². The molecule has 0 aromatic heterocycles. The molecular weight excluding hydrogens is 314 g/mol. The summed E-state index contributed by atoms with van der Waals surface area (Å²) in [6.45, 7) is 5.66. The number of aldehydes is 1. The molecule has 0 radical (unpaired) electrons. The Morgan fingerprint density at radius 2 is 1.36 bits per heavy atom. The molecule has 4 nitrogen and oxygen atoms in total. The van der Waals surface area contributed by atoms with Crippen molar-refractivity contribution >= 4 is 6.29 Å². The molecule has 25 heavy (non-hydrogen) atoms. The fraction of sp³-hybridized carbons (Fsp3) is 0.952. The summed E-state index contributed by atoms with van der Waals surface area (Å²) in [6, 6.07) is 0. The molecule has 0 aromatic carbocycles. The van der Waals surface area contributed by atoms with Crippen molar-refractivity contribution in [3.8, 4) is 0 Å². The summed E-state index contributed by atoms with van der Waals surface area (Å²) in [7, 11) is 0. The molecule has 0 bridgehead atoms. The van der Waals surface area contributed by atoms with Crippen LogP contribution >= 0.6 is 0 Å². The zero-order chi connectivity index (χ0) is 18.8. The van der Waals surface area contributed by atoms with Gasteiger partial charge >= 0.3 is 0 Å². The number of rotatable bonds is 19. The Morgan fingerprint density at radius 3 is 1.84 bits per heavy atom. The molecule has 0 spiro atoms. The van der Waals surface area contributed by atoms with Crippen LogP contribution in [-0.4, -0.2) is 41.8 Å². The van der Waals surface area contributed by atoms with E-state index < -0.39 is 0 Å². The number of aliphatic hydroxyl groups excluding tert-OH is 2. The van der Waals surface area contributed by atoms with E-state index in [1.807, 2.05) is 0 Å². The van der Waals surface area contributed by atoms with Gasteiger partial charge in [0.15, 0.2) is 0 Å². The number of unbranched alkanes of at least 4 members (excludes halogenated alkanes) is 7. The van der Waals surface area contributed by atoms with Gasteiger partial charge in [-0.1, -0.05) is 65.2 Å². The fourth-order valence-corrected chi connectivity index (χ4v) is 3.50. The van der Waals surface area contributed by atoms with Crippen molar-refractivity contribution in [3.05, 3.63) is 0 Å². The quantitative estimate of drug-likeness (QED) is 0.239. The molecule has 0 aliphatic carbocycles. The van der Waals surface area contributed by atoms with Crippen LogP contribution in [0.15, 0.2) is 0 Å². The van der Waals surface area contributed by atoms with Crippen molar-refractivity contribution in [1.82, 2.24) is 5.32 Å². The second-order valence-electron chi connectivity index (χ2n) is 7.87. The van der Waals surface area contributed by atoms with Gasteiger partial charge in [-0.15, -0.1) is 0 Å². The van der Waals surface area contributed by atoms with Crippen molar-refractivity contribution in [1.29, 1.82) is 0 Å². The minimum Gasteiger partial charge on any atom is -0.396 e. The number of nitrogens with one attached hydrogen (secondary N) is 1. The molecule has 0 aromatic rings. The minimum atomic E-state index is -0.291. The van der Waals surface area contributed by atoms with E-state index in [4.69, 9.17) is 0 Å². The summed E-state index contributed by atoms with van der Waals surface area (Å²) in [5.74, 6) is 0.836. The predicted molar refractivity (Wildman–Crippen MR) is 106 cm³/mol. The van der Waals surface area contributed by atoms with Crippen LogP contribution in [0.3, 0.4) is 0 Å². The van der Waals surface area contributed by atoms with Crippen LogP contribution in [0.5, 0.6) is 0 Å². The van der Waals surface area contributed by atoms with Crippen LogP contribution in [0.2, 0.25) is 0 Å². The van der Waals surface area contributed by atoms with Gasteiger partial charge in [0.1, 0.15) is 6.29 Å². The molecule has 0 amide bonds. The van der Waals surface area contributed by atoms with E-state index in [2.05, 4.69) is 19.2 Å². The van der Waals surface area contributed by atoms with Crippen LogP contribution in [0, 0.1) is 5.92 Å². The standard InChI is InChI=1S/C21H43NO3/c1-20(2)12-9-7-5-3-4-6-8-10-16-22-21(14-18-24,15-19-25)13-11-17-23/h17,20,22,24-25H,3-16,18-19H2,1-2H3.